The van der Waals surface area contributed by atoms with E-state index in [0.717, 1.165) is 20.1 Å². The van der Waals surface area contributed by atoms with Crippen LogP contribution < -0.4 is 15.5 Å². The second-order valence-corrected chi connectivity index (χ2v) is 8.53. The van der Waals surface area contributed by atoms with Crippen LogP contribution >= 0.6 is 43.5 Å². The fourth-order valence-electron chi connectivity index (χ4n) is 2.31. The number of aryl methyl sites for hydroxylation is 2. The highest BCUT2D eigenvalue weighted by molar-refractivity contribution is 9.11. The van der Waals surface area contributed by atoms with E-state index in [1.807, 2.05) is 26.0 Å². The van der Waals surface area contributed by atoms with Gasteiger partial charge in [-0.3, -0.25) is 9.59 Å². The van der Waals surface area contributed by atoms with Crippen molar-refractivity contribution in [2.45, 2.75) is 27.2 Å². The molecule has 0 aliphatic heterocycles. The number of amides is 2. The summed E-state index contributed by atoms with van der Waals surface area (Å²) in [7, 11) is 0. The van der Waals surface area contributed by atoms with Gasteiger partial charge in [0.05, 0.1) is 10.9 Å². The predicted molar refractivity (Wildman–Crippen MR) is 123 cm³/mol. The third kappa shape index (κ3) is 7.45. The number of nitrogens with one attached hydrogen (secondary N) is 2. The van der Waals surface area contributed by atoms with E-state index >= 15 is 0 Å². The van der Waals surface area contributed by atoms with Crippen LogP contribution in [0.15, 0.2) is 44.4 Å². The molecule has 2 rings (SSSR count). The molecule has 2 amide bonds. The molecule has 6 nitrogen and oxygen atoms in total. The number of carbonyl (C=O) groups is 2. The van der Waals surface area contributed by atoms with Gasteiger partial charge in [-0.05, 0) is 78.2 Å². The lowest BCUT2D eigenvalue weighted by Gasteiger charge is -2.10. The summed E-state index contributed by atoms with van der Waals surface area (Å²) in [5, 5.41) is 7.34. The molecule has 0 heterocycles. The number of halogens is 3. The molecule has 0 saturated carbocycles. The summed E-state index contributed by atoms with van der Waals surface area (Å²) < 4.78 is 7.18. The minimum Gasteiger partial charge on any atom is -0.483 e. The van der Waals surface area contributed by atoms with Crippen LogP contribution in [-0.2, 0) is 9.59 Å². The number of rotatable bonds is 7. The second-order valence-electron chi connectivity index (χ2n) is 6.39. The average molecular weight is 546 g/mol. The zero-order chi connectivity index (χ0) is 21.6. The third-order valence-electron chi connectivity index (χ3n) is 3.82. The van der Waals surface area contributed by atoms with E-state index in [4.69, 9.17) is 16.3 Å². The number of hydrogen-bond donors (Lipinski definition) is 2. The van der Waals surface area contributed by atoms with Crippen molar-refractivity contribution in [2.24, 2.45) is 5.10 Å². The molecule has 9 heteroatoms. The van der Waals surface area contributed by atoms with Gasteiger partial charge in [-0.1, -0.05) is 27.5 Å². The Bertz CT molecular complexity index is 964. The Morgan fingerprint density at radius 2 is 1.79 bits per heavy atom. The van der Waals surface area contributed by atoms with E-state index in [-0.39, 0.29) is 18.9 Å². The minimum atomic E-state index is -0.425. The Balaban J connectivity index is 1.83. The first-order valence-electron chi connectivity index (χ1n) is 8.62. The fourth-order valence-corrected chi connectivity index (χ4v) is 3.64. The van der Waals surface area contributed by atoms with Crippen molar-refractivity contribution in [1.29, 1.82) is 0 Å². The lowest BCUT2D eigenvalue weighted by atomic mass is 10.2. The molecule has 154 valence electrons. The molecule has 2 aromatic rings. The van der Waals surface area contributed by atoms with Crippen molar-refractivity contribution in [2.75, 3.05) is 11.9 Å². The normalized spacial score (nSPS) is 11.2. The van der Waals surface area contributed by atoms with Gasteiger partial charge in [0.2, 0.25) is 5.91 Å². The van der Waals surface area contributed by atoms with Gasteiger partial charge in [0.15, 0.2) is 6.61 Å². The van der Waals surface area contributed by atoms with Crippen LogP contribution in [0.25, 0.3) is 0 Å². The maximum absolute atomic E-state index is 12.1. The summed E-state index contributed by atoms with van der Waals surface area (Å²) in [6.07, 6.45) is 0.0423. The highest BCUT2D eigenvalue weighted by atomic mass is 79.9. The van der Waals surface area contributed by atoms with E-state index < -0.39 is 5.91 Å². The SMILES string of the molecule is C/C(CC(=O)Nc1ccc(Cl)cc1C)=N\NC(=O)COc1cc(C)c(Br)cc1Br. The quantitative estimate of drug-likeness (QED) is 0.362. The summed E-state index contributed by atoms with van der Waals surface area (Å²) in [5.74, 6) is -0.110. The topological polar surface area (TPSA) is 79.8 Å². The van der Waals surface area contributed by atoms with Crippen LogP contribution in [0.4, 0.5) is 5.69 Å². The number of carbonyl (C=O) groups excluding carboxylic acids is 2. The summed E-state index contributed by atoms with van der Waals surface area (Å²) in [5.41, 5.74) is 5.38. The first-order chi connectivity index (χ1) is 13.7. The van der Waals surface area contributed by atoms with Crippen LogP contribution in [0.1, 0.15) is 24.5 Å². The maximum atomic E-state index is 12.1. The summed E-state index contributed by atoms with van der Waals surface area (Å²) in [4.78, 5) is 24.1. The predicted octanol–water partition coefficient (Wildman–Crippen LogP) is 5.38. The molecule has 0 saturated heterocycles. The van der Waals surface area contributed by atoms with Crippen molar-refractivity contribution >= 4 is 66.7 Å². The number of ether oxygens (including phenoxy) is 1. The van der Waals surface area contributed by atoms with Gasteiger partial charge in [0.25, 0.3) is 5.91 Å². The molecule has 29 heavy (non-hydrogen) atoms. The number of hydrazone groups is 1. The minimum absolute atomic E-state index is 0.0423. The van der Waals surface area contributed by atoms with Gasteiger partial charge >= 0.3 is 0 Å². The van der Waals surface area contributed by atoms with Crippen LogP contribution in [0.3, 0.4) is 0 Å². The summed E-state index contributed by atoms with van der Waals surface area (Å²) >= 11 is 12.7. The lowest BCUT2D eigenvalue weighted by Crippen LogP contribution is -2.26. The monoisotopic (exact) mass is 543 g/mol. The third-order valence-corrected chi connectivity index (χ3v) is 5.53. The number of benzene rings is 2. The van der Waals surface area contributed by atoms with E-state index in [1.165, 1.54) is 0 Å². The molecular formula is C20H20Br2ClN3O3. The van der Waals surface area contributed by atoms with Gasteiger partial charge in [-0.25, -0.2) is 5.43 Å². The molecule has 0 aromatic heterocycles. The van der Waals surface area contributed by atoms with Gasteiger partial charge < -0.3 is 10.1 Å². The fraction of sp³-hybridized carbons (Fsp3) is 0.250. The first kappa shape index (κ1) is 23.4. The van der Waals surface area contributed by atoms with Gasteiger partial charge in [-0.2, -0.15) is 5.10 Å². The zero-order valence-electron chi connectivity index (χ0n) is 16.1. The van der Waals surface area contributed by atoms with Crippen molar-refractivity contribution in [1.82, 2.24) is 5.43 Å². The standard InChI is InChI=1S/C20H20Br2ClN3O3/c1-11-7-18(16(22)9-15(11)21)29-10-20(28)26-25-13(3)8-19(27)24-17-5-4-14(23)6-12(17)2/h4-7,9H,8,10H2,1-3H3,(H,24,27)(H,26,28)/b25-13+. The van der Waals surface area contributed by atoms with Gasteiger partial charge in [0, 0.05) is 20.9 Å². The van der Waals surface area contributed by atoms with Gasteiger partial charge in [-0.15, -0.1) is 0 Å². The van der Waals surface area contributed by atoms with Crippen LogP contribution in [0, 0.1) is 13.8 Å². The highest BCUT2D eigenvalue weighted by Gasteiger charge is 2.10. The van der Waals surface area contributed by atoms with Gasteiger partial charge in [0.1, 0.15) is 5.75 Å². The molecule has 0 aliphatic carbocycles. The van der Waals surface area contributed by atoms with Crippen molar-refractivity contribution in [3.8, 4) is 5.75 Å². The summed E-state index contributed by atoms with van der Waals surface area (Å²) in [6.45, 7) is 5.23. The molecule has 0 unspecified atom stereocenters. The highest BCUT2D eigenvalue weighted by Crippen LogP contribution is 2.31. The lowest BCUT2D eigenvalue weighted by molar-refractivity contribution is -0.123. The van der Waals surface area contributed by atoms with E-state index in [1.54, 1.807) is 25.1 Å². The van der Waals surface area contributed by atoms with Crippen molar-refractivity contribution < 1.29 is 14.3 Å². The molecule has 0 atom stereocenters. The Hall–Kier alpha value is -1.90. The Labute approximate surface area is 191 Å². The van der Waals surface area contributed by atoms with E-state index in [2.05, 4.69) is 47.7 Å². The molecule has 0 fully saturated rings. The largest absolute Gasteiger partial charge is 0.483 e. The maximum Gasteiger partial charge on any atom is 0.277 e. The smallest absolute Gasteiger partial charge is 0.277 e. The molecule has 2 aromatic carbocycles. The first-order valence-corrected chi connectivity index (χ1v) is 10.6. The van der Waals surface area contributed by atoms with Crippen LogP contribution in [0.5, 0.6) is 5.75 Å². The van der Waals surface area contributed by atoms with E-state index in [0.29, 0.717) is 22.2 Å². The van der Waals surface area contributed by atoms with Crippen molar-refractivity contribution in [3.63, 3.8) is 0 Å². The molecule has 0 bridgehead atoms. The number of nitrogens with zero attached hydrogens (tertiary/aromatic N) is 1. The average Bonchev–Trinajstić information content (AvgIpc) is 2.64. The molecule has 0 radical (unpaired) electrons. The molecular weight excluding hydrogens is 525 g/mol. The van der Waals surface area contributed by atoms with Crippen LogP contribution in [-0.4, -0.2) is 24.1 Å². The molecule has 2 N–H and O–H groups in total. The number of anilines is 1. The summed E-state index contributed by atoms with van der Waals surface area (Å²) in [6, 6.07) is 8.88. The molecule has 0 spiro atoms. The number of hydrogen-bond acceptors (Lipinski definition) is 4. The van der Waals surface area contributed by atoms with E-state index in [9.17, 15) is 9.59 Å². The Morgan fingerprint density at radius 3 is 2.48 bits per heavy atom. The Kier molecular flexibility index (Phi) is 8.67. The Morgan fingerprint density at radius 1 is 1.07 bits per heavy atom. The van der Waals surface area contributed by atoms with Crippen molar-refractivity contribution in [3.05, 3.63) is 55.4 Å². The zero-order valence-corrected chi connectivity index (χ0v) is 20.0. The van der Waals surface area contributed by atoms with Crippen LogP contribution in [0.2, 0.25) is 5.02 Å². The second kappa shape index (κ2) is 10.8. The molecule has 0 aliphatic rings.